The number of furan rings is 1. The van der Waals surface area contributed by atoms with Gasteiger partial charge in [0.1, 0.15) is 5.76 Å². The van der Waals surface area contributed by atoms with Crippen molar-refractivity contribution in [3.63, 3.8) is 0 Å². The number of rotatable bonds is 5. The molecule has 1 aromatic heterocycles. The van der Waals surface area contributed by atoms with Gasteiger partial charge in [0, 0.05) is 18.8 Å². The molecule has 100 valence electrons. The van der Waals surface area contributed by atoms with Gasteiger partial charge in [-0.25, -0.2) is 4.79 Å². The number of ether oxygens (including phenoxy) is 1. The van der Waals surface area contributed by atoms with Crippen LogP contribution in [0.4, 0.5) is 0 Å². The zero-order valence-electron chi connectivity index (χ0n) is 10.0. The lowest BCUT2D eigenvalue weighted by atomic mass is 9.91. The van der Waals surface area contributed by atoms with Crippen LogP contribution in [-0.4, -0.2) is 41.5 Å². The van der Waals surface area contributed by atoms with Gasteiger partial charge in [0.15, 0.2) is 0 Å². The Morgan fingerprint density at radius 1 is 1.39 bits per heavy atom. The molecule has 0 radical (unpaired) electrons. The Morgan fingerprint density at radius 3 is 2.67 bits per heavy atom. The first-order valence-corrected chi connectivity index (χ1v) is 5.91. The molecule has 0 bridgehead atoms. The second kappa shape index (κ2) is 5.51. The maximum absolute atomic E-state index is 10.7. The van der Waals surface area contributed by atoms with Gasteiger partial charge in [0.2, 0.25) is 5.76 Å². The van der Waals surface area contributed by atoms with Crippen LogP contribution in [-0.2, 0) is 11.3 Å². The third-order valence-corrected chi connectivity index (χ3v) is 3.26. The van der Waals surface area contributed by atoms with E-state index in [1.807, 2.05) is 0 Å². The van der Waals surface area contributed by atoms with Gasteiger partial charge in [0.25, 0.3) is 0 Å². The van der Waals surface area contributed by atoms with Crippen LogP contribution in [0.5, 0.6) is 0 Å². The monoisotopic (exact) mass is 255 g/mol. The SMILES string of the molecule is O=C(O)c1ccc(CNC2(CO)CCOCC2)o1. The van der Waals surface area contributed by atoms with Crippen molar-refractivity contribution in [3.8, 4) is 0 Å². The minimum absolute atomic E-state index is 0.0306. The molecule has 0 atom stereocenters. The molecule has 1 aromatic rings. The van der Waals surface area contributed by atoms with Gasteiger partial charge in [-0.05, 0) is 25.0 Å². The first kappa shape index (κ1) is 13.1. The normalized spacial score (nSPS) is 18.7. The Labute approximate surface area is 105 Å². The van der Waals surface area contributed by atoms with Gasteiger partial charge in [-0.3, -0.25) is 0 Å². The molecule has 1 aliphatic rings. The fourth-order valence-electron chi connectivity index (χ4n) is 2.02. The van der Waals surface area contributed by atoms with E-state index in [9.17, 15) is 9.90 Å². The molecule has 1 fully saturated rings. The molecule has 0 unspecified atom stereocenters. The van der Waals surface area contributed by atoms with Crippen molar-refractivity contribution in [2.45, 2.75) is 24.9 Å². The Bertz CT molecular complexity index is 408. The maximum atomic E-state index is 10.7. The summed E-state index contributed by atoms with van der Waals surface area (Å²) < 4.78 is 10.4. The van der Waals surface area contributed by atoms with Gasteiger partial charge >= 0.3 is 5.97 Å². The highest BCUT2D eigenvalue weighted by atomic mass is 16.5. The summed E-state index contributed by atoms with van der Waals surface area (Å²) in [7, 11) is 0. The van der Waals surface area contributed by atoms with Gasteiger partial charge < -0.3 is 24.7 Å². The summed E-state index contributed by atoms with van der Waals surface area (Å²) >= 11 is 0. The summed E-state index contributed by atoms with van der Waals surface area (Å²) in [6, 6.07) is 3.05. The van der Waals surface area contributed by atoms with Crippen molar-refractivity contribution in [1.29, 1.82) is 0 Å². The second-order valence-corrected chi connectivity index (χ2v) is 4.48. The van der Waals surface area contributed by atoms with Gasteiger partial charge in [0.05, 0.1) is 13.2 Å². The minimum atomic E-state index is -1.08. The molecule has 6 heteroatoms. The van der Waals surface area contributed by atoms with Crippen LogP contribution >= 0.6 is 0 Å². The molecule has 0 aromatic carbocycles. The molecule has 0 saturated carbocycles. The van der Waals surface area contributed by atoms with Crippen LogP contribution in [0.1, 0.15) is 29.2 Å². The molecule has 18 heavy (non-hydrogen) atoms. The smallest absolute Gasteiger partial charge is 0.371 e. The predicted octanol–water partition coefficient (Wildman–Crippen LogP) is 0.609. The summed E-state index contributed by atoms with van der Waals surface area (Å²) in [4.78, 5) is 10.7. The van der Waals surface area contributed by atoms with Gasteiger partial charge in [-0.2, -0.15) is 0 Å². The Balaban J connectivity index is 1.94. The van der Waals surface area contributed by atoms with Crippen molar-refractivity contribution in [2.24, 2.45) is 0 Å². The largest absolute Gasteiger partial charge is 0.475 e. The Morgan fingerprint density at radius 2 is 2.11 bits per heavy atom. The van der Waals surface area contributed by atoms with Gasteiger partial charge in [-0.1, -0.05) is 0 Å². The van der Waals surface area contributed by atoms with E-state index >= 15 is 0 Å². The van der Waals surface area contributed by atoms with Crippen molar-refractivity contribution in [1.82, 2.24) is 5.32 Å². The van der Waals surface area contributed by atoms with E-state index in [0.717, 1.165) is 12.8 Å². The van der Waals surface area contributed by atoms with E-state index in [2.05, 4.69) is 5.32 Å². The third kappa shape index (κ3) is 2.90. The van der Waals surface area contributed by atoms with Crippen LogP contribution in [0.15, 0.2) is 16.5 Å². The average molecular weight is 255 g/mol. The highest BCUT2D eigenvalue weighted by Gasteiger charge is 2.31. The molecule has 6 nitrogen and oxygen atoms in total. The molecule has 3 N–H and O–H groups in total. The second-order valence-electron chi connectivity index (χ2n) is 4.48. The molecule has 0 spiro atoms. The quantitative estimate of drug-likeness (QED) is 0.714. The maximum Gasteiger partial charge on any atom is 0.371 e. The lowest BCUT2D eigenvalue weighted by Gasteiger charge is -2.36. The minimum Gasteiger partial charge on any atom is -0.475 e. The molecule has 1 saturated heterocycles. The first-order chi connectivity index (χ1) is 8.65. The Hall–Kier alpha value is -1.37. The van der Waals surface area contributed by atoms with E-state index in [1.165, 1.54) is 6.07 Å². The summed E-state index contributed by atoms with van der Waals surface area (Å²) in [5.41, 5.74) is -0.353. The molecular weight excluding hydrogens is 238 g/mol. The van der Waals surface area contributed by atoms with Crippen LogP contribution in [0, 0.1) is 0 Å². The number of aliphatic hydroxyl groups excluding tert-OH is 1. The third-order valence-electron chi connectivity index (χ3n) is 3.26. The van der Waals surface area contributed by atoms with Crippen LogP contribution in [0.25, 0.3) is 0 Å². The predicted molar refractivity (Wildman–Crippen MR) is 62.4 cm³/mol. The number of hydrogen-bond donors (Lipinski definition) is 3. The standard InChI is InChI=1S/C12H17NO5/c14-8-12(3-5-17-6-4-12)13-7-9-1-2-10(18-9)11(15)16/h1-2,13-14H,3-8H2,(H,15,16). The number of nitrogens with one attached hydrogen (secondary N) is 1. The average Bonchev–Trinajstić information content (AvgIpc) is 2.87. The van der Waals surface area contributed by atoms with Crippen LogP contribution < -0.4 is 5.32 Å². The highest BCUT2D eigenvalue weighted by molar-refractivity contribution is 5.84. The summed E-state index contributed by atoms with van der Waals surface area (Å²) in [5, 5.41) is 21.4. The summed E-state index contributed by atoms with van der Waals surface area (Å²) in [6.07, 6.45) is 1.46. The summed E-state index contributed by atoms with van der Waals surface area (Å²) in [5.74, 6) is -0.604. The van der Waals surface area contributed by atoms with E-state index in [4.69, 9.17) is 14.3 Å². The van der Waals surface area contributed by atoms with E-state index in [1.54, 1.807) is 6.07 Å². The van der Waals surface area contributed by atoms with Gasteiger partial charge in [-0.15, -0.1) is 0 Å². The zero-order chi connectivity index (χ0) is 13.0. The number of aromatic carboxylic acids is 1. The fourth-order valence-corrected chi connectivity index (χ4v) is 2.02. The number of carboxylic acid groups (broad SMARTS) is 1. The number of hydrogen-bond acceptors (Lipinski definition) is 5. The topological polar surface area (TPSA) is 91.9 Å². The van der Waals surface area contributed by atoms with Crippen molar-refractivity contribution in [3.05, 3.63) is 23.7 Å². The molecule has 0 aliphatic carbocycles. The molecule has 0 amide bonds. The molecular formula is C12H17NO5. The highest BCUT2D eigenvalue weighted by Crippen LogP contribution is 2.21. The van der Waals surface area contributed by atoms with Crippen LogP contribution in [0.3, 0.4) is 0 Å². The molecule has 1 aliphatic heterocycles. The zero-order valence-corrected chi connectivity index (χ0v) is 10.0. The van der Waals surface area contributed by atoms with E-state index in [-0.39, 0.29) is 17.9 Å². The van der Waals surface area contributed by atoms with Crippen LogP contribution in [0.2, 0.25) is 0 Å². The van der Waals surface area contributed by atoms with Crippen molar-refractivity contribution >= 4 is 5.97 Å². The lowest BCUT2D eigenvalue weighted by Crippen LogP contribution is -2.51. The van der Waals surface area contributed by atoms with Crippen molar-refractivity contribution in [2.75, 3.05) is 19.8 Å². The lowest BCUT2D eigenvalue weighted by molar-refractivity contribution is 0.0104. The van der Waals surface area contributed by atoms with E-state index < -0.39 is 5.97 Å². The first-order valence-electron chi connectivity index (χ1n) is 5.91. The van der Waals surface area contributed by atoms with Crippen molar-refractivity contribution < 1.29 is 24.2 Å². The van der Waals surface area contributed by atoms with E-state index in [0.29, 0.717) is 25.5 Å². The molecule has 2 heterocycles. The number of carboxylic acids is 1. The summed E-state index contributed by atoms with van der Waals surface area (Å²) in [6.45, 7) is 1.66. The fraction of sp³-hybridized carbons (Fsp3) is 0.583. The number of carbonyl (C=O) groups is 1. The molecule has 2 rings (SSSR count). The Kier molecular flexibility index (Phi) is 4.00. The number of aliphatic hydroxyl groups is 1.